The Bertz CT molecular complexity index is 421. The lowest BCUT2D eigenvalue weighted by Crippen LogP contribution is -2.14. The number of anilines is 1. The molecule has 1 aromatic heterocycles. The number of methoxy groups -OCH3 is 1. The van der Waals surface area contributed by atoms with Gasteiger partial charge < -0.3 is 10.1 Å². The lowest BCUT2D eigenvalue weighted by Gasteiger charge is -2.13. The summed E-state index contributed by atoms with van der Waals surface area (Å²) in [5, 5.41) is 3.08. The van der Waals surface area contributed by atoms with Crippen LogP contribution in [0, 0.1) is 0 Å². The van der Waals surface area contributed by atoms with Gasteiger partial charge in [-0.3, -0.25) is 0 Å². The normalized spacial score (nSPS) is 10.5. The Labute approximate surface area is 109 Å². The SMILES string of the molecule is CCNc1nc(C(=O)OC)nc(C(C)C)c1Br. The first kappa shape index (κ1) is 13.9. The van der Waals surface area contributed by atoms with E-state index < -0.39 is 5.97 Å². The summed E-state index contributed by atoms with van der Waals surface area (Å²) < 4.78 is 5.43. The molecule has 0 aromatic carbocycles. The Morgan fingerprint density at radius 1 is 1.47 bits per heavy atom. The number of carbonyl (C=O) groups excluding carboxylic acids is 1. The molecule has 6 heteroatoms. The molecule has 0 bridgehead atoms. The van der Waals surface area contributed by atoms with Crippen LogP contribution in [0.3, 0.4) is 0 Å². The van der Waals surface area contributed by atoms with E-state index in [2.05, 4.69) is 36.0 Å². The molecular weight excluding hydrogens is 286 g/mol. The van der Waals surface area contributed by atoms with E-state index in [1.807, 2.05) is 20.8 Å². The minimum absolute atomic E-state index is 0.0790. The van der Waals surface area contributed by atoms with Gasteiger partial charge >= 0.3 is 5.97 Å². The minimum atomic E-state index is -0.529. The van der Waals surface area contributed by atoms with Crippen LogP contribution in [-0.4, -0.2) is 29.6 Å². The van der Waals surface area contributed by atoms with E-state index in [-0.39, 0.29) is 11.7 Å². The fraction of sp³-hybridized carbons (Fsp3) is 0.545. The second-order valence-electron chi connectivity index (χ2n) is 3.77. The van der Waals surface area contributed by atoms with Crippen LogP contribution in [0.2, 0.25) is 0 Å². The van der Waals surface area contributed by atoms with E-state index in [1.165, 1.54) is 7.11 Å². The summed E-state index contributed by atoms with van der Waals surface area (Å²) in [6.45, 7) is 6.68. The topological polar surface area (TPSA) is 64.1 Å². The van der Waals surface area contributed by atoms with Gasteiger partial charge in [0.1, 0.15) is 5.82 Å². The lowest BCUT2D eigenvalue weighted by molar-refractivity contribution is 0.0586. The molecule has 5 nitrogen and oxygen atoms in total. The van der Waals surface area contributed by atoms with Gasteiger partial charge in [-0.25, -0.2) is 14.8 Å². The van der Waals surface area contributed by atoms with Crippen molar-refractivity contribution >= 4 is 27.7 Å². The zero-order chi connectivity index (χ0) is 13.0. The van der Waals surface area contributed by atoms with Crippen molar-refractivity contribution in [3.05, 3.63) is 16.0 Å². The molecule has 0 radical (unpaired) electrons. The van der Waals surface area contributed by atoms with Crippen LogP contribution in [0.4, 0.5) is 5.82 Å². The summed E-state index contributed by atoms with van der Waals surface area (Å²) in [7, 11) is 1.32. The number of ether oxygens (including phenoxy) is 1. The molecule has 0 aliphatic rings. The van der Waals surface area contributed by atoms with Crippen molar-refractivity contribution in [3.63, 3.8) is 0 Å². The maximum absolute atomic E-state index is 11.5. The molecule has 0 fully saturated rings. The Kier molecular flexibility index (Phi) is 4.86. The molecule has 0 aliphatic heterocycles. The van der Waals surface area contributed by atoms with Crippen LogP contribution in [0.1, 0.15) is 43.0 Å². The largest absolute Gasteiger partial charge is 0.463 e. The first-order valence-corrected chi connectivity index (χ1v) is 6.20. The van der Waals surface area contributed by atoms with Gasteiger partial charge in [-0.15, -0.1) is 0 Å². The molecule has 1 aromatic rings. The third-order valence-corrected chi connectivity index (χ3v) is 2.92. The van der Waals surface area contributed by atoms with Gasteiger partial charge in [0.05, 0.1) is 17.3 Å². The number of carbonyl (C=O) groups is 1. The van der Waals surface area contributed by atoms with E-state index in [4.69, 9.17) is 0 Å². The third-order valence-electron chi connectivity index (χ3n) is 2.14. The van der Waals surface area contributed by atoms with Gasteiger partial charge in [-0.05, 0) is 28.8 Å². The third kappa shape index (κ3) is 3.15. The Morgan fingerprint density at radius 3 is 2.59 bits per heavy atom. The van der Waals surface area contributed by atoms with Gasteiger partial charge in [0.25, 0.3) is 0 Å². The molecule has 1 rings (SSSR count). The molecule has 0 spiro atoms. The molecule has 0 saturated carbocycles. The number of nitrogens with zero attached hydrogens (tertiary/aromatic N) is 2. The maximum Gasteiger partial charge on any atom is 0.376 e. The summed E-state index contributed by atoms with van der Waals surface area (Å²) >= 11 is 3.45. The zero-order valence-electron chi connectivity index (χ0n) is 10.4. The average Bonchev–Trinajstić information content (AvgIpc) is 2.30. The van der Waals surface area contributed by atoms with Crippen LogP contribution in [0.5, 0.6) is 0 Å². The average molecular weight is 302 g/mol. The quantitative estimate of drug-likeness (QED) is 0.866. The van der Waals surface area contributed by atoms with E-state index in [1.54, 1.807) is 0 Å². The van der Waals surface area contributed by atoms with Crippen molar-refractivity contribution in [2.45, 2.75) is 26.7 Å². The molecule has 0 amide bonds. The molecule has 0 aliphatic carbocycles. The number of halogens is 1. The number of rotatable bonds is 4. The predicted octanol–water partition coefficient (Wildman–Crippen LogP) is 2.58. The second kappa shape index (κ2) is 5.95. The van der Waals surface area contributed by atoms with Gasteiger partial charge in [-0.1, -0.05) is 13.8 Å². The van der Waals surface area contributed by atoms with Gasteiger partial charge in [0, 0.05) is 6.54 Å². The number of hydrogen-bond acceptors (Lipinski definition) is 5. The van der Waals surface area contributed by atoms with E-state index in [9.17, 15) is 4.79 Å². The molecule has 1 heterocycles. The Balaban J connectivity index is 3.31. The number of esters is 1. The fourth-order valence-electron chi connectivity index (χ4n) is 1.31. The summed E-state index contributed by atoms with van der Waals surface area (Å²) in [4.78, 5) is 19.8. The van der Waals surface area contributed by atoms with Crippen molar-refractivity contribution in [2.75, 3.05) is 19.0 Å². The van der Waals surface area contributed by atoms with Crippen molar-refractivity contribution in [1.29, 1.82) is 0 Å². The molecule has 94 valence electrons. The van der Waals surface area contributed by atoms with E-state index >= 15 is 0 Å². The molecule has 0 saturated heterocycles. The Hall–Kier alpha value is -1.17. The first-order valence-electron chi connectivity index (χ1n) is 5.40. The van der Waals surface area contributed by atoms with Gasteiger partial charge in [-0.2, -0.15) is 0 Å². The molecule has 17 heavy (non-hydrogen) atoms. The molecule has 0 atom stereocenters. The highest BCUT2D eigenvalue weighted by Crippen LogP contribution is 2.28. The Morgan fingerprint density at radius 2 is 2.12 bits per heavy atom. The number of aromatic nitrogens is 2. The van der Waals surface area contributed by atoms with Crippen molar-refractivity contribution in [2.24, 2.45) is 0 Å². The highest BCUT2D eigenvalue weighted by Gasteiger charge is 2.18. The van der Waals surface area contributed by atoms with Crippen molar-refractivity contribution < 1.29 is 9.53 Å². The van der Waals surface area contributed by atoms with Crippen molar-refractivity contribution in [1.82, 2.24) is 9.97 Å². The standard InChI is InChI=1S/C11H16BrN3O2/c1-5-13-9-7(12)8(6(2)3)14-10(15-9)11(16)17-4/h6H,5H2,1-4H3,(H,13,14,15). The summed E-state index contributed by atoms with van der Waals surface area (Å²) in [5.74, 6) is 0.355. The van der Waals surface area contributed by atoms with Gasteiger partial charge in [0.15, 0.2) is 0 Å². The van der Waals surface area contributed by atoms with Crippen LogP contribution in [0.25, 0.3) is 0 Å². The van der Waals surface area contributed by atoms with E-state index in [0.717, 1.165) is 10.2 Å². The summed E-state index contributed by atoms with van der Waals surface area (Å²) in [6.07, 6.45) is 0. The van der Waals surface area contributed by atoms with Crippen LogP contribution < -0.4 is 5.32 Å². The number of nitrogens with one attached hydrogen (secondary N) is 1. The zero-order valence-corrected chi connectivity index (χ0v) is 12.0. The fourth-order valence-corrected chi connectivity index (χ4v) is 2.09. The summed E-state index contributed by atoms with van der Waals surface area (Å²) in [5.41, 5.74) is 0.788. The minimum Gasteiger partial charge on any atom is -0.463 e. The highest BCUT2D eigenvalue weighted by atomic mass is 79.9. The highest BCUT2D eigenvalue weighted by molar-refractivity contribution is 9.10. The van der Waals surface area contributed by atoms with Crippen molar-refractivity contribution in [3.8, 4) is 0 Å². The molecule has 1 N–H and O–H groups in total. The van der Waals surface area contributed by atoms with Crippen LogP contribution >= 0.6 is 15.9 Å². The predicted molar refractivity (Wildman–Crippen MR) is 69.3 cm³/mol. The van der Waals surface area contributed by atoms with E-state index in [0.29, 0.717) is 12.4 Å². The second-order valence-corrected chi connectivity index (χ2v) is 4.56. The molecule has 0 unspecified atom stereocenters. The summed E-state index contributed by atoms with van der Waals surface area (Å²) in [6, 6.07) is 0. The first-order chi connectivity index (χ1) is 8.01. The molecular formula is C11H16BrN3O2. The van der Waals surface area contributed by atoms with Crippen LogP contribution in [-0.2, 0) is 4.74 Å². The van der Waals surface area contributed by atoms with Gasteiger partial charge in [0.2, 0.25) is 5.82 Å². The van der Waals surface area contributed by atoms with Crippen LogP contribution in [0.15, 0.2) is 4.47 Å². The number of hydrogen-bond donors (Lipinski definition) is 1. The lowest BCUT2D eigenvalue weighted by atomic mass is 10.1. The smallest absolute Gasteiger partial charge is 0.376 e. The monoisotopic (exact) mass is 301 g/mol. The maximum atomic E-state index is 11.5.